The van der Waals surface area contributed by atoms with Crippen molar-refractivity contribution in [1.29, 1.82) is 0 Å². The maximum atomic E-state index is 12.9. The molecule has 0 aliphatic heterocycles. The summed E-state index contributed by atoms with van der Waals surface area (Å²) in [5.74, 6) is -0.861. The maximum Gasteiger partial charge on any atom is 0.306 e. The first kappa shape index (κ1) is 76.1. The number of hydrogen-bond donors (Lipinski definition) is 0. The molecule has 0 bridgehead atoms. The van der Waals surface area contributed by atoms with E-state index in [-0.39, 0.29) is 31.1 Å². The Kier molecular flexibility index (Phi) is 65.1. The number of unbranched alkanes of at least 4 members (excludes halogenated alkanes) is 43. The fourth-order valence-corrected chi connectivity index (χ4v) is 10.3. The van der Waals surface area contributed by atoms with Crippen molar-refractivity contribution < 1.29 is 28.6 Å². The van der Waals surface area contributed by atoms with Crippen LogP contribution < -0.4 is 0 Å². The van der Waals surface area contributed by atoms with Crippen molar-refractivity contribution in [3.8, 4) is 0 Å². The smallest absolute Gasteiger partial charge is 0.306 e. The first-order chi connectivity index (χ1) is 39.0. The first-order valence-electron chi connectivity index (χ1n) is 34.8. The van der Waals surface area contributed by atoms with Gasteiger partial charge in [-0.3, -0.25) is 14.4 Å². The van der Waals surface area contributed by atoms with Crippen LogP contribution in [0.15, 0.2) is 60.8 Å². The summed E-state index contributed by atoms with van der Waals surface area (Å²) < 4.78 is 17.0. The van der Waals surface area contributed by atoms with Gasteiger partial charge < -0.3 is 14.2 Å². The van der Waals surface area contributed by atoms with Gasteiger partial charge in [-0.2, -0.15) is 0 Å². The molecule has 1 unspecified atom stereocenters. The van der Waals surface area contributed by atoms with Crippen molar-refractivity contribution in [3.05, 3.63) is 60.8 Å². The average Bonchev–Trinajstić information content (AvgIpc) is 3.45. The zero-order chi connectivity index (χ0) is 57.1. The minimum atomic E-state index is -0.777. The van der Waals surface area contributed by atoms with Crippen molar-refractivity contribution in [2.75, 3.05) is 13.2 Å². The quantitative estimate of drug-likeness (QED) is 0.0261. The Bertz CT molecular complexity index is 1410. The van der Waals surface area contributed by atoms with Gasteiger partial charge in [0.1, 0.15) is 13.2 Å². The fraction of sp³-hybridized carbons (Fsp3) is 0.822. The molecule has 0 aliphatic rings. The van der Waals surface area contributed by atoms with Gasteiger partial charge in [-0.25, -0.2) is 0 Å². The molecule has 6 nitrogen and oxygen atoms in total. The lowest BCUT2D eigenvalue weighted by atomic mass is 10.0. The molecule has 0 saturated heterocycles. The monoisotopic (exact) mass is 1110 g/mol. The lowest BCUT2D eigenvalue weighted by Crippen LogP contribution is -2.30. The van der Waals surface area contributed by atoms with Crippen LogP contribution in [0.1, 0.15) is 367 Å². The average molecular weight is 1110 g/mol. The Labute approximate surface area is 491 Å². The highest BCUT2D eigenvalue weighted by Crippen LogP contribution is 2.18. The molecule has 0 aliphatic carbocycles. The molecule has 0 N–H and O–H groups in total. The van der Waals surface area contributed by atoms with E-state index in [1.807, 2.05) is 0 Å². The van der Waals surface area contributed by atoms with Gasteiger partial charge in [-0.05, 0) is 83.5 Å². The van der Waals surface area contributed by atoms with Crippen molar-refractivity contribution in [2.24, 2.45) is 0 Å². The topological polar surface area (TPSA) is 78.9 Å². The number of rotatable bonds is 64. The number of ether oxygens (including phenoxy) is 3. The lowest BCUT2D eigenvalue weighted by Gasteiger charge is -2.18. The summed E-state index contributed by atoms with van der Waals surface area (Å²) in [6, 6.07) is 0. The molecule has 0 rings (SSSR count). The summed E-state index contributed by atoms with van der Waals surface area (Å²) in [4.78, 5) is 38.3. The van der Waals surface area contributed by atoms with Gasteiger partial charge in [0.25, 0.3) is 0 Å². The van der Waals surface area contributed by atoms with Crippen molar-refractivity contribution in [3.63, 3.8) is 0 Å². The normalized spacial score (nSPS) is 12.4. The van der Waals surface area contributed by atoms with Crippen molar-refractivity contribution in [2.45, 2.75) is 374 Å². The van der Waals surface area contributed by atoms with Crippen LogP contribution in [0.2, 0.25) is 0 Å². The second-order valence-corrected chi connectivity index (χ2v) is 23.4. The van der Waals surface area contributed by atoms with E-state index in [1.54, 1.807) is 0 Å². The van der Waals surface area contributed by atoms with Gasteiger partial charge in [0.15, 0.2) is 6.10 Å². The molecule has 6 heteroatoms. The standard InChI is InChI=1S/C73H132O6/c1-4-7-10-13-16-19-22-25-27-29-30-31-32-33-34-35-36-37-38-39-40-41-42-44-45-48-51-54-57-60-63-66-72(75)78-69-70(68-77-71(74)65-62-59-56-53-50-47-24-21-18-15-12-9-6-3)79-73(76)67-64-61-58-55-52-49-46-43-28-26-23-20-17-14-11-8-5-2/h8,11,17,20,22,25-26,28-30,70H,4-7,9-10,12-16,18-19,21,23-24,27,31-69H2,1-3H3/b11-8-,20-17-,25-22-,28-26-,30-29-. The number of carbonyl (C=O) groups is 3. The number of allylic oxidation sites excluding steroid dienone is 10. The summed E-state index contributed by atoms with van der Waals surface area (Å²) in [6.07, 6.45) is 86.8. The van der Waals surface area contributed by atoms with Crippen LogP contribution >= 0.6 is 0 Å². The van der Waals surface area contributed by atoms with Gasteiger partial charge in [-0.15, -0.1) is 0 Å². The molecule has 0 fully saturated rings. The Morgan fingerprint density at radius 1 is 0.266 bits per heavy atom. The van der Waals surface area contributed by atoms with E-state index in [2.05, 4.69) is 81.5 Å². The summed E-state index contributed by atoms with van der Waals surface area (Å²) in [5, 5.41) is 0. The Morgan fingerprint density at radius 3 is 0.772 bits per heavy atom. The summed E-state index contributed by atoms with van der Waals surface area (Å²) in [5.41, 5.74) is 0. The van der Waals surface area contributed by atoms with Crippen LogP contribution in [0.4, 0.5) is 0 Å². The lowest BCUT2D eigenvalue weighted by molar-refractivity contribution is -0.167. The Morgan fingerprint density at radius 2 is 0.494 bits per heavy atom. The van der Waals surface area contributed by atoms with Gasteiger partial charge in [-0.1, -0.05) is 326 Å². The molecule has 0 amide bonds. The van der Waals surface area contributed by atoms with E-state index in [0.717, 1.165) is 89.9 Å². The third-order valence-corrected chi connectivity index (χ3v) is 15.5. The highest BCUT2D eigenvalue weighted by molar-refractivity contribution is 5.71. The van der Waals surface area contributed by atoms with Crippen LogP contribution in [-0.4, -0.2) is 37.2 Å². The molecule has 0 aromatic heterocycles. The molecule has 0 aromatic carbocycles. The zero-order valence-corrected chi connectivity index (χ0v) is 52.9. The van der Waals surface area contributed by atoms with Crippen LogP contribution in [0.25, 0.3) is 0 Å². The van der Waals surface area contributed by atoms with E-state index in [4.69, 9.17) is 14.2 Å². The molecule has 460 valence electrons. The Balaban J connectivity index is 4.16. The van der Waals surface area contributed by atoms with E-state index in [9.17, 15) is 14.4 Å². The van der Waals surface area contributed by atoms with Gasteiger partial charge in [0.2, 0.25) is 0 Å². The molecular formula is C73H132O6. The Hall–Kier alpha value is -2.89. The summed E-state index contributed by atoms with van der Waals surface area (Å²) in [7, 11) is 0. The minimum Gasteiger partial charge on any atom is -0.462 e. The van der Waals surface area contributed by atoms with E-state index in [1.165, 1.54) is 238 Å². The van der Waals surface area contributed by atoms with E-state index < -0.39 is 6.10 Å². The predicted octanol–water partition coefficient (Wildman–Crippen LogP) is 23.9. The predicted molar refractivity (Wildman–Crippen MR) is 344 cm³/mol. The fourth-order valence-electron chi connectivity index (χ4n) is 10.3. The maximum absolute atomic E-state index is 12.9. The summed E-state index contributed by atoms with van der Waals surface area (Å²) >= 11 is 0. The van der Waals surface area contributed by atoms with Crippen molar-refractivity contribution >= 4 is 17.9 Å². The van der Waals surface area contributed by atoms with Crippen LogP contribution in [-0.2, 0) is 28.6 Å². The molecule has 0 radical (unpaired) electrons. The van der Waals surface area contributed by atoms with Gasteiger partial charge >= 0.3 is 17.9 Å². The number of carbonyl (C=O) groups excluding carboxylic acids is 3. The third-order valence-electron chi connectivity index (χ3n) is 15.5. The van der Waals surface area contributed by atoms with E-state index >= 15 is 0 Å². The molecule has 1 atom stereocenters. The number of hydrogen-bond acceptors (Lipinski definition) is 6. The second-order valence-electron chi connectivity index (χ2n) is 23.4. The summed E-state index contributed by atoms with van der Waals surface area (Å²) in [6.45, 7) is 6.56. The van der Waals surface area contributed by atoms with Crippen molar-refractivity contribution in [1.82, 2.24) is 0 Å². The third kappa shape index (κ3) is 65.8. The van der Waals surface area contributed by atoms with Crippen LogP contribution in [0.3, 0.4) is 0 Å². The zero-order valence-electron chi connectivity index (χ0n) is 52.9. The van der Waals surface area contributed by atoms with Crippen LogP contribution in [0.5, 0.6) is 0 Å². The molecular weight excluding hydrogens is 973 g/mol. The molecule has 0 saturated carbocycles. The largest absolute Gasteiger partial charge is 0.462 e. The molecule has 0 spiro atoms. The number of esters is 3. The van der Waals surface area contributed by atoms with Crippen LogP contribution in [0, 0.1) is 0 Å². The highest BCUT2D eigenvalue weighted by atomic mass is 16.6. The minimum absolute atomic E-state index is 0.0733. The first-order valence-corrected chi connectivity index (χ1v) is 34.8. The molecule has 0 aromatic rings. The van der Waals surface area contributed by atoms with Gasteiger partial charge in [0.05, 0.1) is 0 Å². The second kappa shape index (κ2) is 67.6. The highest BCUT2D eigenvalue weighted by Gasteiger charge is 2.19. The molecule has 0 heterocycles. The van der Waals surface area contributed by atoms with E-state index in [0.29, 0.717) is 19.3 Å². The van der Waals surface area contributed by atoms with Gasteiger partial charge in [0, 0.05) is 19.3 Å². The SMILES string of the molecule is CC/C=C\C/C=C\C/C=C\CCCCCCCCCC(=O)OC(COC(=O)CCCCCCCCCCCCCCC)COC(=O)CCCCCCCCCCCCCCCCCCCCC/C=C\C/C=C\CCCCCCC. The molecule has 79 heavy (non-hydrogen) atoms.